The monoisotopic (exact) mass is 553 g/mol. The predicted molar refractivity (Wildman–Crippen MR) is 131 cm³/mol. The Hall–Kier alpha value is -2.87. The number of imide groups is 1. The molecule has 2 amide bonds. The SMILES string of the molecule is O=C1C=C(Br)C(=O)C2=C1C(c1ccc(O)c(F)c1)C1=CCC3C(=O)N(C4CCCCC4)C(=O)C3C1C2. The van der Waals surface area contributed by atoms with Crippen LogP contribution in [0.25, 0.3) is 0 Å². The maximum absolute atomic E-state index is 14.4. The number of nitrogens with zero attached hydrogens (tertiary/aromatic N) is 1. The number of carbonyl (C=O) groups excluding carboxylic acids is 4. The van der Waals surface area contributed by atoms with E-state index in [4.69, 9.17) is 0 Å². The van der Waals surface area contributed by atoms with Crippen molar-refractivity contribution >= 4 is 39.3 Å². The molecule has 1 aromatic rings. The van der Waals surface area contributed by atoms with Crippen LogP contribution in [0.2, 0.25) is 0 Å². The summed E-state index contributed by atoms with van der Waals surface area (Å²) in [6, 6.07) is 3.88. The molecule has 4 aliphatic carbocycles. The number of hydrogen-bond acceptors (Lipinski definition) is 5. The van der Waals surface area contributed by atoms with Crippen molar-refractivity contribution < 1.29 is 28.7 Å². The molecule has 4 unspecified atom stereocenters. The lowest BCUT2D eigenvalue weighted by Gasteiger charge is -2.42. The van der Waals surface area contributed by atoms with Crippen LogP contribution in [0.4, 0.5) is 4.39 Å². The molecule has 0 spiro atoms. The first-order valence-electron chi connectivity index (χ1n) is 12.5. The van der Waals surface area contributed by atoms with Crippen LogP contribution in [0.3, 0.4) is 0 Å². The van der Waals surface area contributed by atoms with E-state index < -0.39 is 35.2 Å². The number of allylic oxidation sites excluding steroid dienone is 6. The first-order valence-corrected chi connectivity index (χ1v) is 13.3. The van der Waals surface area contributed by atoms with Gasteiger partial charge >= 0.3 is 0 Å². The zero-order chi connectivity index (χ0) is 25.3. The second kappa shape index (κ2) is 8.61. The number of Topliss-reactive ketones (excluding diaryl/α,β-unsaturated/α-hetero) is 1. The minimum absolute atomic E-state index is 0.0804. The number of fused-ring (bicyclic) bond motifs is 3. The number of halogens is 2. The fraction of sp³-hybridized carbons (Fsp3) is 0.429. The van der Waals surface area contributed by atoms with Crippen LogP contribution in [0.15, 0.2) is 51.6 Å². The Kier molecular flexibility index (Phi) is 5.63. The summed E-state index contributed by atoms with van der Waals surface area (Å²) in [6.07, 6.45) is 8.44. The molecule has 4 atom stereocenters. The average molecular weight is 554 g/mol. The molecule has 0 bridgehead atoms. The lowest BCUT2D eigenvalue weighted by atomic mass is 9.59. The number of benzene rings is 1. The van der Waals surface area contributed by atoms with Crippen LogP contribution in [0.5, 0.6) is 5.75 Å². The summed E-state index contributed by atoms with van der Waals surface area (Å²) in [5.41, 5.74) is 1.81. The number of rotatable bonds is 2. The second-order valence-electron chi connectivity index (χ2n) is 10.4. The third kappa shape index (κ3) is 3.40. The van der Waals surface area contributed by atoms with Gasteiger partial charge in [0.05, 0.1) is 16.3 Å². The lowest BCUT2D eigenvalue weighted by Crippen LogP contribution is -2.43. The summed E-state index contributed by atoms with van der Waals surface area (Å²) in [6.45, 7) is 0. The van der Waals surface area contributed by atoms with Gasteiger partial charge in [-0.25, -0.2) is 4.39 Å². The molecule has 0 radical (unpaired) electrons. The molecule has 6 nitrogen and oxygen atoms in total. The smallest absolute Gasteiger partial charge is 0.233 e. The van der Waals surface area contributed by atoms with E-state index in [0.29, 0.717) is 17.6 Å². The van der Waals surface area contributed by atoms with Gasteiger partial charge < -0.3 is 5.11 Å². The quantitative estimate of drug-likeness (QED) is 0.327. The minimum Gasteiger partial charge on any atom is -0.505 e. The molecule has 1 saturated heterocycles. The molecule has 1 aromatic carbocycles. The van der Waals surface area contributed by atoms with Crippen LogP contribution in [-0.4, -0.2) is 39.4 Å². The minimum atomic E-state index is -0.826. The first-order chi connectivity index (χ1) is 17.3. The van der Waals surface area contributed by atoms with Crippen LogP contribution in [0.1, 0.15) is 56.4 Å². The van der Waals surface area contributed by atoms with Crippen molar-refractivity contribution in [3.05, 3.63) is 62.9 Å². The Labute approximate surface area is 216 Å². The van der Waals surface area contributed by atoms with E-state index in [2.05, 4.69) is 15.9 Å². The van der Waals surface area contributed by atoms with Crippen molar-refractivity contribution in [1.29, 1.82) is 0 Å². The number of amides is 2. The Balaban J connectivity index is 1.47. The van der Waals surface area contributed by atoms with Crippen molar-refractivity contribution in [2.24, 2.45) is 17.8 Å². The van der Waals surface area contributed by atoms with Crippen molar-refractivity contribution in [3.8, 4) is 5.75 Å². The zero-order valence-electron chi connectivity index (χ0n) is 19.5. The van der Waals surface area contributed by atoms with Gasteiger partial charge in [-0.15, -0.1) is 0 Å². The van der Waals surface area contributed by atoms with Gasteiger partial charge in [0, 0.05) is 29.2 Å². The van der Waals surface area contributed by atoms with E-state index in [1.807, 2.05) is 6.08 Å². The Morgan fingerprint density at radius 1 is 1.00 bits per heavy atom. The number of hydrogen-bond donors (Lipinski definition) is 1. The van der Waals surface area contributed by atoms with Gasteiger partial charge in [-0.3, -0.25) is 24.1 Å². The number of ketones is 2. The fourth-order valence-electron chi connectivity index (χ4n) is 7.01. The van der Waals surface area contributed by atoms with Crippen molar-refractivity contribution in [2.45, 2.75) is 56.9 Å². The van der Waals surface area contributed by atoms with E-state index >= 15 is 0 Å². The molecule has 1 saturated carbocycles. The van der Waals surface area contributed by atoms with Crippen molar-refractivity contribution in [1.82, 2.24) is 4.90 Å². The number of aromatic hydroxyl groups is 1. The van der Waals surface area contributed by atoms with Crippen LogP contribution in [-0.2, 0) is 19.2 Å². The Bertz CT molecular complexity index is 1320. The van der Waals surface area contributed by atoms with Gasteiger partial charge in [0.2, 0.25) is 11.8 Å². The van der Waals surface area contributed by atoms with Gasteiger partial charge in [0.1, 0.15) is 0 Å². The third-order valence-corrected chi connectivity index (χ3v) is 9.20. The topological polar surface area (TPSA) is 91.8 Å². The van der Waals surface area contributed by atoms with Gasteiger partial charge in [0.15, 0.2) is 23.1 Å². The molecule has 0 aromatic heterocycles. The molecule has 6 rings (SSSR count). The average Bonchev–Trinajstić information content (AvgIpc) is 3.13. The van der Waals surface area contributed by atoms with E-state index in [0.717, 1.165) is 37.7 Å². The summed E-state index contributed by atoms with van der Waals surface area (Å²) in [5.74, 6) is -4.57. The molecule has 1 N–H and O–H groups in total. The lowest BCUT2D eigenvalue weighted by molar-refractivity contribution is -0.143. The molecular formula is C28H25BrFNO5. The molecule has 1 heterocycles. The molecular weight excluding hydrogens is 529 g/mol. The van der Waals surface area contributed by atoms with Crippen LogP contribution in [0, 0.1) is 23.6 Å². The van der Waals surface area contributed by atoms with Crippen molar-refractivity contribution in [3.63, 3.8) is 0 Å². The highest BCUT2D eigenvalue weighted by atomic mass is 79.9. The molecule has 36 heavy (non-hydrogen) atoms. The third-order valence-electron chi connectivity index (χ3n) is 8.61. The highest BCUT2D eigenvalue weighted by Crippen LogP contribution is 2.55. The predicted octanol–water partition coefficient (Wildman–Crippen LogP) is 4.63. The van der Waals surface area contributed by atoms with Crippen LogP contribution < -0.4 is 0 Å². The molecule has 2 fully saturated rings. The summed E-state index contributed by atoms with van der Waals surface area (Å²) < 4.78 is 14.6. The normalized spacial score (nSPS) is 30.7. The summed E-state index contributed by atoms with van der Waals surface area (Å²) in [4.78, 5) is 55.2. The largest absolute Gasteiger partial charge is 0.505 e. The highest BCUT2D eigenvalue weighted by Gasteiger charge is 2.57. The maximum Gasteiger partial charge on any atom is 0.233 e. The summed E-state index contributed by atoms with van der Waals surface area (Å²) >= 11 is 3.20. The first kappa shape index (κ1) is 23.5. The molecule has 1 aliphatic heterocycles. The number of likely N-dealkylation sites (tertiary alicyclic amines) is 1. The number of carbonyl (C=O) groups is 4. The number of phenols is 1. The number of phenolic OH excluding ortho intramolecular Hbond substituents is 1. The maximum atomic E-state index is 14.4. The Morgan fingerprint density at radius 3 is 2.47 bits per heavy atom. The Morgan fingerprint density at radius 2 is 1.75 bits per heavy atom. The van der Waals surface area contributed by atoms with E-state index in [1.54, 1.807) is 6.07 Å². The van der Waals surface area contributed by atoms with E-state index in [1.165, 1.54) is 23.1 Å². The summed E-state index contributed by atoms with van der Waals surface area (Å²) in [7, 11) is 0. The van der Waals surface area contributed by atoms with Gasteiger partial charge in [-0.2, -0.15) is 0 Å². The molecule has 186 valence electrons. The second-order valence-corrected chi connectivity index (χ2v) is 11.3. The standard InChI is InChI=1S/C28H25BrFNO5/c29-19-12-22(33)25-18(26(19)34)11-17-15(23(25)13-6-9-21(32)20(30)10-13)7-8-16-24(17)28(36)31(27(16)35)14-4-2-1-3-5-14/h6-7,9-10,12,14,16-17,23-24,32H,1-5,8,11H2. The van der Waals surface area contributed by atoms with Crippen molar-refractivity contribution in [2.75, 3.05) is 0 Å². The highest BCUT2D eigenvalue weighted by molar-refractivity contribution is 9.12. The van der Waals surface area contributed by atoms with E-state index in [-0.39, 0.29) is 45.9 Å². The zero-order valence-corrected chi connectivity index (χ0v) is 21.1. The van der Waals surface area contributed by atoms with E-state index in [9.17, 15) is 28.7 Å². The summed E-state index contributed by atoms with van der Waals surface area (Å²) in [5, 5.41) is 9.75. The van der Waals surface area contributed by atoms with Gasteiger partial charge in [-0.05, 0) is 65.2 Å². The molecule has 5 aliphatic rings. The fourth-order valence-corrected chi connectivity index (χ4v) is 7.46. The van der Waals surface area contributed by atoms with Gasteiger partial charge in [-0.1, -0.05) is 37.0 Å². The van der Waals surface area contributed by atoms with Gasteiger partial charge in [0.25, 0.3) is 0 Å². The molecule has 8 heteroatoms. The van der Waals surface area contributed by atoms with Crippen LogP contribution >= 0.6 is 15.9 Å².